The zero-order chi connectivity index (χ0) is 28.4. The molecular weight excluding hydrogens is 504 g/mol. The second-order valence-electron chi connectivity index (χ2n) is 9.09. The molecule has 0 atom stereocenters. The minimum atomic E-state index is 0.656. The minimum absolute atomic E-state index is 0.656. The lowest BCUT2D eigenvalue weighted by Gasteiger charge is -2.08. The van der Waals surface area contributed by atoms with E-state index in [0.29, 0.717) is 37.8 Å². The normalized spacial score (nSPS) is 10.2. The number of nitrogens with two attached hydrogens (primary N) is 4. The molecule has 0 bridgehead atoms. The van der Waals surface area contributed by atoms with Crippen LogP contribution >= 0.6 is 0 Å². The van der Waals surface area contributed by atoms with Crippen LogP contribution in [-0.4, -0.2) is 26.4 Å². The van der Waals surface area contributed by atoms with Crippen molar-refractivity contribution in [2.24, 2.45) is 0 Å². The van der Waals surface area contributed by atoms with Gasteiger partial charge in [-0.1, -0.05) is 12.1 Å². The van der Waals surface area contributed by atoms with Gasteiger partial charge in [-0.2, -0.15) is 0 Å². The van der Waals surface area contributed by atoms with Gasteiger partial charge in [0.2, 0.25) is 0 Å². The maximum Gasteiger partial charge on any atom is 0.121 e. The van der Waals surface area contributed by atoms with Crippen molar-refractivity contribution >= 4 is 22.7 Å². The molecule has 4 aromatic carbocycles. The fourth-order valence-corrected chi connectivity index (χ4v) is 3.51. The number of anilines is 4. The van der Waals surface area contributed by atoms with Crippen LogP contribution in [0.1, 0.15) is 25.7 Å². The summed E-state index contributed by atoms with van der Waals surface area (Å²) in [5.41, 5.74) is 25.5. The quantitative estimate of drug-likeness (QED) is 0.109. The lowest BCUT2D eigenvalue weighted by molar-refractivity contribution is 0.266. The highest BCUT2D eigenvalue weighted by atomic mass is 16.5. The summed E-state index contributed by atoms with van der Waals surface area (Å²) in [7, 11) is 0. The summed E-state index contributed by atoms with van der Waals surface area (Å²) in [5, 5.41) is 0. The Morgan fingerprint density at radius 1 is 0.350 bits per heavy atom. The highest BCUT2D eigenvalue weighted by molar-refractivity contribution is 5.44. The summed E-state index contributed by atoms with van der Waals surface area (Å²) in [6, 6.07) is 29.7. The topological polar surface area (TPSA) is 141 Å². The molecule has 0 heterocycles. The Labute approximate surface area is 236 Å². The standard InChI is InChI=1S/2C16H20N2O2/c17-13-3-7-15(8-4-13)19-11-1-2-12-20-16-9-5-14(18)6-10-16;17-13-5-3-7-15(11-13)19-9-1-2-10-20-16-8-4-6-14(18)12-16/h3-10H,1-2,11-12,17-18H2;3-8,11-12H,1-2,9-10,17-18H2. The summed E-state index contributed by atoms with van der Waals surface area (Å²) in [6.07, 6.45) is 3.74. The molecule has 0 aliphatic carbocycles. The molecule has 4 rings (SSSR count). The van der Waals surface area contributed by atoms with Gasteiger partial charge < -0.3 is 41.9 Å². The molecule has 0 unspecified atom stereocenters. The largest absolute Gasteiger partial charge is 0.494 e. The Hall–Kier alpha value is -4.72. The lowest BCUT2D eigenvalue weighted by Crippen LogP contribution is -2.03. The van der Waals surface area contributed by atoms with Crippen LogP contribution in [0.3, 0.4) is 0 Å². The van der Waals surface area contributed by atoms with Crippen LogP contribution in [0, 0.1) is 0 Å². The third-order valence-corrected chi connectivity index (χ3v) is 5.63. The molecular formula is C32H40N4O4. The maximum absolute atomic E-state index is 5.68. The molecule has 8 N–H and O–H groups in total. The first-order valence-electron chi connectivity index (χ1n) is 13.4. The Kier molecular flexibility index (Phi) is 12.7. The first-order valence-corrected chi connectivity index (χ1v) is 13.4. The van der Waals surface area contributed by atoms with Crippen LogP contribution in [0.5, 0.6) is 23.0 Å². The van der Waals surface area contributed by atoms with Gasteiger partial charge >= 0.3 is 0 Å². The first kappa shape index (κ1) is 29.8. The number of hydrogen-bond donors (Lipinski definition) is 4. The summed E-state index contributed by atoms with van der Waals surface area (Å²) >= 11 is 0. The molecule has 0 aliphatic heterocycles. The molecule has 0 spiro atoms. The van der Waals surface area contributed by atoms with Crippen molar-refractivity contribution in [1.82, 2.24) is 0 Å². The van der Waals surface area contributed by atoms with E-state index in [-0.39, 0.29) is 0 Å². The smallest absolute Gasteiger partial charge is 0.121 e. The molecule has 0 aromatic heterocycles. The van der Waals surface area contributed by atoms with Crippen molar-refractivity contribution in [2.75, 3.05) is 49.4 Å². The second kappa shape index (κ2) is 17.0. The molecule has 40 heavy (non-hydrogen) atoms. The number of ether oxygens (including phenoxy) is 4. The minimum Gasteiger partial charge on any atom is -0.494 e. The SMILES string of the molecule is Nc1ccc(OCCCCOc2ccc(N)cc2)cc1.Nc1cccc(OCCCCOc2cccc(N)c2)c1. The highest BCUT2D eigenvalue weighted by Crippen LogP contribution is 2.17. The number of rotatable bonds is 14. The molecule has 0 amide bonds. The Morgan fingerprint density at radius 3 is 1.00 bits per heavy atom. The Bertz CT molecular complexity index is 1150. The van der Waals surface area contributed by atoms with Crippen molar-refractivity contribution in [2.45, 2.75) is 25.7 Å². The van der Waals surface area contributed by atoms with Crippen molar-refractivity contribution in [3.63, 3.8) is 0 Å². The fourth-order valence-electron chi connectivity index (χ4n) is 3.51. The molecule has 0 fully saturated rings. The van der Waals surface area contributed by atoms with Crippen LogP contribution in [0.15, 0.2) is 97.1 Å². The van der Waals surface area contributed by atoms with Gasteiger partial charge in [-0.15, -0.1) is 0 Å². The first-order chi connectivity index (χ1) is 19.5. The van der Waals surface area contributed by atoms with Crippen LogP contribution < -0.4 is 41.9 Å². The predicted molar refractivity (Wildman–Crippen MR) is 164 cm³/mol. The van der Waals surface area contributed by atoms with E-state index in [0.717, 1.165) is 60.1 Å². The Balaban J connectivity index is 0.000000220. The molecule has 0 radical (unpaired) electrons. The van der Waals surface area contributed by atoms with Gasteiger partial charge in [0, 0.05) is 34.9 Å². The Morgan fingerprint density at radius 2 is 0.675 bits per heavy atom. The molecule has 0 saturated carbocycles. The fraction of sp³-hybridized carbons (Fsp3) is 0.250. The maximum atomic E-state index is 5.68. The zero-order valence-electron chi connectivity index (χ0n) is 22.8. The van der Waals surface area contributed by atoms with E-state index in [9.17, 15) is 0 Å². The zero-order valence-corrected chi connectivity index (χ0v) is 22.8. The van der Waals surface area contributed by atoms with Gasteiger partial charge in [0.25, 0.3) is 0 Å². The van der Waals surface area contributed by atoms with Gasteiger partial charge in [-0.25, -0.2) is 0 Å². The van der Waals surface area contributed by atoms with Gasteiger partial charge in [0.05, 0.1) is 26.4 Å². The number of unbranched alkanes of at least 4 members (excludes halogenated alkanes) is 2. The number of hydrogen-bond acceptors (Lipinski definition) is 8. The van der Waals surface area contributed by atoms with Gasteiger partial charge in [-0.3, -0.25) is 0 Å². The lowest BCUT2D eigenvalue weighted by atomic mass is 10.3. The van der Waals surface area contributed by atoms with E-state index in [1.165, 1.54) is 0 Å². The average Bonchev–Trinajstić information content (AvgIpc) is 2.95. The third-order valence-electron chi connectivity index (χ3n) is 5.63. The molecule has 0 aliphatic rings. The molecule has 8 heteroatoms. The van der Waals surface area contributed by atoms with E-state index in [1.54, 1.807) is 0 Å². The summed E-state index contributed by atoms with van der Waals surface area (Å²) in [4.78, 5) is 0. The van der Waals surface area contributed by atoms with E-state index in [4.69, 9.17) is 41.9 Å². The molecule has 0 saturated heterocycles. The summed E-state index contributed by atoms with van der Waals surface area (Å²) in [6.45, 7) is 2.66. The predicted octanol–water partition coefficient (Wildman–Crippen LogP) is 6.18. The third kappa shape index (κ3) is 12.2. The highest BCUT2D eigenvalue weighted by Gasteiger charge is 1.98. The summed E-state index contributed by atoms with van der Waals surface area (Å²) < 4.78 is 22.4. The van der Waals surface area contributed by atoms with Gasteiger partial charge in [-0.05, 0) is 98.5 Å². The molecule has 8 nitrogen and oxygen atoms in total. The average molecular weight is 545 g/mol. The van der Waals surface area contributed by atoms with Crippen LogP contribution in [0.25, 0.3) is 0 Å². The summed E-state index contributed by atoms with van der Waals surface area (Å²) in [5.74, 6) is 3.31. The van der Waals surface area contributed by atoms with Crippen LogP contribution in [0.2, 0.25) is 0 Å². The van der Waals surface area contributed by atoms with E-state index >= 15 is 0 Å². The van der Waals surface area contributed by atoms with Crippen LogP contribution in [-0.2, 0) is 0 Å². The molecule has 212 valence electrons. The monoisotopic (exact) mass is 544 g/mol. The van der Waals surface area contributed by atoms with Crippen molar-refractivity contribution in [3.05, 3.63) is 97.1 Å². The number of nitrogen functional groups attached to an aromatic ring is 4. The van der Waals surface area contributed by atoms with E-state index < -0.39 is 0 Å². The van der Waals surface area contributed by atoms with Crippen molar-refractivity contribution in [1.29, 1.82) is 0 Å². The van der Waals surface area contributed by atoms with Crippen molar-refractivity contribution in [3.8, 4) is 23.0 Å². The van der Waals surface area contributed by atoms with Crippen molar-refractivity contribution < 1.29 is 18.9 Å². The van der Waals surface area contributed by atoms with Gasteiger partial charge in [0.15, 0.2) is 0 Å². The van der Waals surface area contributed by atoms with Gasteiger partial charge in [0.1, 0.15) is 23.0 Å². The van der Waals surface area contributed by atoms with E-state index in [2.05, 4.69) is 0 Å². The molecule has 4 aromatic rings. The van der Waals surface area contributed by atoms with E-state index in [1.807, 2.05) is 97.1 Å². The van der Waals surface area contributed by atoms with Crippen LogP contribution in [0.4, 0.5) is 22.7 Å². The number of benzene rings is 4. The second-order valence-corrected chi connectivity index (χ2v) is 9.09.